The van der Waals surface area contributed by atoms with Gasteiger partial charge in [0.1, 0.15) is 0 Å². The van der Waals surface area contributed by atoms with Gasteiger partial charge in [0, 0.05) is 13.1 Å². The van der Waals surface area contributed by atoms with Crippen molar-refractivity contribution in [1.29, 1.82) is 0 Å². The van der Waals surface area contributed by atoms with Crippen molar-refractivity contribution < 1.29 is 9.84 Å². The first-order valence-electron chi connectivity index (χ1n) is 7.62. The lowest BCUT2D eigenvalue weighted by atomic mass is 10.1. The van der Waals surface area contributed by atoms with Crippen LogP contribution in [0.4, 0.5) is 0 Å². The van der Waals surface area contributed by atoms with Crippen LogP contribution in [-0.2, 0) is 13.0 Å². The predicted molar refractivity (Wildman–Crippen MR) is 95.5 cm³/mol. The van der Waals surface area contributed by atoms with Gasteiger partial charge in [-0.1, -0.05) is 6.07 Å². The molecular weight excluding hydrogens is 310 g/mol. The van der Waals surface area contributed by atoms with Crippen LogP contribution in [0, 0.1) is 0 Å². The highest BCUT2D eigenvalue weighted by molar-refractivity contribution is 7.07. The summed E-state index contributed by atoms with van der Waals surface area (Å²) >= 11 is 1.68. The Morgan fingerprint density at radius 2 is 2.13 bits per heavy atom. The molecule has 0 aliphatic rings. The SMILES string of the molecule is CCNC(=NCc1ccsc1)NCCc1ccc(O)c(OC)c1. The summed E-state index contributed by atoms with van der Waals surface area (Å²) in [6, 6.07) is 7.49. The Balaban J connectivity index is 1.87. The van der Waals surface area contributed by atoms with Crippen LogP contribution in [0.25, 0.3) is 0 Å². The zero-order valence-corrected chi connectivity index (χ0v) is 14.3. The molecule has 5 nitrogen and oxygen atoms in total. The van der Waals surface area contributed by atoms with Crippen LogP contribution in [0.15, 0.2) is 40.0 Å². The van der Waals surface area contributed by atoms with Crippen molar-refractivity contribution in [3.63, 3.8) is 0 Å². The van der Waals surface area contributed by atoms with Gasteiger partial charge < -0.3 is 20.5 Å². The molecule has 6 heteroatoms. The van der Waals surface area contributed by atoms with E-state index >= 15 is 0 Å². The molecule has 0 aliphatic carbocycles. The number of benzene rings is 1. The van der Waals surface area contributed by atoms with Gasteiger partial charge in [-0.2, -0.15) is 11.3 Å². The van der Waals surface area contributed by atoms with Crippen molar-refractivity contribution in [2.75, 3.05) is 20.2 Å². The number of hydrogen-bond acceptors (Lipinski definition) is 4. The van der Waals surface area contributed by atoms with Gasteiger partial charge in [0.15, 0.2) is 17.5 Å². The second kappa shape index (κ2) is 9.05. The van der Waals surface area contributed by atoms with Crippen LogP contribution in [0.1, 0.15) is 18.1 Å². The Labute approximate surface area is 141 Å². The van der Waals surface area contributed by atoms with Crippen LogP contribution >= 0.6 is 11.3 Å². The minimum absolute atomic E-state index is 0.162. The third kappa shape index (κ3) is 5.49. The van der Waals surface area contributed by atoms with Gasteiger partial charge in [-0.3, -0.25) is 0 Å². The third-order valence-electron chi connectivity index (χ3n) is 3.29. The average molecular weight is 333 g/mol. The van der Waals surface area contributed by atoms with Crippen molar-refractivity contribution in [2.45, 2.75) is 19.9 Å². The maximum absolute atomic E-state index is 9.61. The Morgan fingerprint density at radius 3 is 2.83 bits per heavy atom. The number of nitrogens with one attached hydrogen (secondary N) is 2. The fourth-order valence-corrected chi connectivity index (χ4v) is 2.76. The first-order chi connectivity index (χ1) is 11.2. The fraction of sp³-hybridized carbons (Fsp3) is 0.353. The highest BCUT2D eigenvalue weighted by Gasteiger charge is 2.03. The van der Waals surface area contributed by atoms with Gasteiger partial charge in [0.05, 0.1) is 13.7 Å². The molecule has 0 amide bonds. The van der Waals surface area contributed by atoms with Crippen molar-refractivity contribution in [3.8, 4) is 11.5 Å². The third-order valence-corrected chi connectivity index (χ3v) is 4.03. The van der Waals surface area contributed by atoms with E-state index in [9.17, 15) is 5.11 Å². The van der Waals surface area contributed by atoms with Gasteiger partial charge in [0.2, 0.25) is 0 Å². The number of rotatable bonds is 7. The van der Waals surface area contributed by atoms with Gasteiger partial charge in [0.25, 0.3) is 0 Å². The standard InChI is InChI=1S/C17H23N3O2S/c1-3-18-17(20-11-14-7-9-23-12-14)19-8-6-13-4-5-15(21)16(10-13)22-2/h4-5,7,9-10,12,21H,3,6,8,11H2,1-2H3,(H2,18,19,20). The fourth-order valence-electron chi connectivity index (χ4n) is 2.10. The van der Waals surface area contributed by atoms with E-state index < -0.39 is 0 Å². The maximum atomic E-state index is 9.61. The molecule has 2 aromatic rings. The number of phenols is 1. The first kappa shape index (κ1) is 17.1. The van der Waals surface area contributed by atoms with E-state index in [1.54, 1.807) is 24.5 Å². The van der Waals surface area contributed by atoms with Gasteiger partial charge >= 0.3 is 0 Å². The van der Waals surface area contributed by atoms with Gasteiger partial charge in [-0.25, -0.2) is 4.99 Å². The van der Waals surface area contributed by atoms with Crippen LogP contribution < -0.4 is 15.4 Å². The lowest BCUT2D eigenvalue weighted by molar-refractivity contribution is 0.373. The minimum atomic E-state index is 0.162. The van der Waals surface area contributed by atoms with E-state index in [0.717, 1.165) is 31.0 Å². The summed E-state index contributed by atoms with van der Waals surface area (Å²) in [5.74, 6) is 1.47. The number of phenolic OH excluding ortho intramolecular Hbond substituents is 1. The quantitative estimate of drug-likeness (QED) is 0.538. The molecule has 1 heterocycles. The number of aromatic hydroxyl groups is 1. The second-order valence-electron chi connectivity index (χ2n) is 5.01. The van der Waals surface area contributed by atoms with Crippen molar-refractivity contribution >= 4 is 17.3 Å². The number of ether oxygens (including phenoxy) is 1. The molecule has 23 heavy (non-hydrogen) atoms. The number of thiophene rings is 1. The number of hydrogen-bond donors (Lipinski definition) is 3. The van der Waals surface area contributed by atoms with Crippen molar-refractivity contribution in [2.24, 2.45) is 4.99 Å². The first-order valence-corrected chi connectivity index (χ1v) is 8.56. The van der Waals surface area contributed by atoms with E-state index in [1.807, 2.05) is 19.1 Å². The largest absolute Gasteiger partial charge is 0.504 e. The summed E-state index contributed by atoms with van der Waals surface area (Å²) in [5.41, 5.74) is 2.32. The van der Waals surface area contributed by atoms with E-state index in [2.05, 4.69) is 32.5 Å². The van der Waals surface area contributed by atoms with Crippen LogP contribution in [0.3, 0.4) is 0 Å². The summed E-state index contributed by atoms with van der Waals surface area (Å²) in [5, 5.41) is 20.3. The number of guanidine groups is 1. The second-order valence-corrected chi connectivity index (χ2v) is 5.79. The molecule has 0 aliphatic heterocycles. The van der Waals surface area contributed by atoms with Crippen LogP contribution in [-0.4, -0.2) is 31.3 Å². The van der Waals surface area contributed by atoms with E-state index in [4.69, 9.17) is 4.74 Å². The van der Waals surface area contributed by atoms with E-state index in [1.165, 1.54) is 5.56 Å². The van der Waals surface area contributed by atoms with Crippen molar-refractivity contribution in [1.82, 2.24) is 10.6 Å². The van der Waals surface area contributed by atoms with E-state index in [-0.39, 0.29) is 5.75 Å². The molecule has 0 spiro atoms. The highest BCUT2D eigenvalue weighted by atomic mass is 32.1. The minimum Gasteiger partial charge on any atom is -0.504 e. The summed E-state index contributed by atoms with van der Waals surface area (Å²) in [6.07, 6.45) is 0.819. The molecule has 2 rings (SSSR count). The highest BCUT2D eigenvalue weighted by Crippen LogP contribution is 2.26. The zero-order chi connectivity index (χ0) is 16.5. The Bertz CT molecular complexity index is 627. The summed E-state index contributed by atoms with van der Waals surface area (Å²) < 4.78 is 5.13. The topological polar surface area (TPSA) is 65.9 Å². The van der Waals surface area contributed by atoms with Crippen LogP contribution in [0.2, 0.25) is 0 Å². The Hall–Kier alpha value is -2.21. The molecule has 0 bridgehead atoms. The number of aliphatic imine (C=N–C) groups is 1. The summed E-state index contributed by atoms with van der Waals surface area (Å²) in [7, 11) is 1.55. The van der Waals surface area contributed by atoms with Crippen LogP contribution in [0.5, 0.6) is 11.5 Å². The van der Waals surface area contributed by atoms with Gasteiger partial charge in [-0.05, 0) is 53.4 Å². The molecule has 1 aromatic carbocycles. The zero-order valence-electron chi connectivity index (χ0n) is 13.5. The molecular formula is C17H23N3O2S. The lowest BCUT2D eigenvalue weighted by Crippen LogP contribution is -2.38. The Kier molecular flexibility index (Phi) is 6.75. The molecule has 0 saturated heterocycles. The molecule has 0 atom stereocenters. The Morgan fingerprint density at radius 1 is 1.26 bits per heavy atom. The molecule has 1 aromatic heterocycles. The molecule has 0 saturated carbocycles. The molecule has 0 fully saturated rings. The normalized spacial score (nSPS) is 11.3. The number of methoxy groups -OCH3 is 1. The maximum Gasteiger partial charge on any atom is 0.191 e. The number of nitrogens with zero attached hydrogens (tertiary/aromatic N) is 1. The molecule has 124 valence electrons. The molecule has 3 N–H and O–H groups in total. The average Bonchev–Trinajstić information content (AvgIpc) is 3.07. The molecule has 0 radical (unpaired) electrons. The lowest BCUT2D eigenvalue weighted by Gasteiger charge is -2.12. The van der Waals surface area contributed by atoms with Gasteiger partial charge in [-0.15, -0.1) is 0 Å². The van der Waals surface area contributed by atoms with Crippen molar-refractivity contribution in [3.05, 3.63) is 46.2 Å². The van der Waals surface area contributed by atoms with E-state index in [0.29, 0.717) is 12.3 Å². The monoisotopic (exact) mass is 333 g/mol. The molecule has 0 unspecified atom stereocenters. The predicted octanol–water partition coefficient (Wildman–Crippen LogP) is 2.76. The summed E-state index contributed by atoms with van der Waals surface area (Å²) in [6.45, 7) is 4.30. The summed E-state index contributed by atoms with van der Waals surface area (Å²) in [4.78, 5) is 4.57. The smallest absolute Gasteiger partial charge is 0.191 e.